The van der Waals surface area contributed by atoms with E-state index in [4.69, 9.17) is 0 Å². The molecule has 3 aliphatic rings. The van der Waals surface area contributed by atoms with Gasteiger partial charge in [-0.15, -0.1) is 0 Å². The quantitative estimate of drug-likeness (QED) is 0.0598. The zero-order valence-electron chi connectivity index (χ0n) is 47.7. The number of likely N-dealkylation sites (tertiary alicyclic amines) is 1. The number of aromatic amines is 1. The molecule has 8 N–H and O–H groups in total. The minimum absolute atomic E-state index is 0.00695. The molecule has 8 aromatic rings. The highest BCUT2D eigenvalue weighted by atomic mass is 16.2. The second kappa shape index (κ2) is 21.4. The van der Waals surface area contributed by atoms with E-state index in [0.29, 0.717) is 40.7 Å². The standard InChI is InChI=1S/C57H59N19O9/c1-29-30(2)60-47-40(77)20-41-57(46(29)47)21-31(57)22-76(41)45(79)11-10-36-16-32(23-70(36)4)61-52(81)38-18-34(25-72(38)6)63-55(84)49-66-42(27-74(49)8)65-44(78)12-13-59-51(80)37-17-33(24-71(37)5)62-53(82)39-19-35(26-73(39)7)64-56(85)50-67-43(28-75(50)9)68-54(83)48-58-14-15-69(48)3/h10-11,14-20,23-28,31,60H,12-13,21-22H2,1-9H3,(H,59,80)(H,61,81)(H,62,82)(H,63,84)(H,64,85)(H,65,78)(H,68,83)/b11-10+/t31-,57+/m1/s1. The third-order valence-electron chi connectivity index (χ3n) is 15.5. The van der Waals surface area contributed by atoms with E-state index in [1.807, 2.05) is 13.8 Å². The van der Waals surface area contributed by atoms with E-state index in [1.54, 1.807) is 105 Å². The van der Waals surface area contributed by atoms with Crippen molar-refractivity contribution in [1.29, 1.82) is 0 Å². The number of aryl methyl sites for hydroxylation is 8. The molecule has 0 radical (unpaired) electrons. The van der Waals surface area contributed by atoms with Crippen LogP contribution < -0.4 is 37.2 Å². The van der Waals surface area contributed by atoms with Gasteiger partial charge in [-0.25, -0.2) is 15.0 Å². The Balaban J connectivity index is 0.625. The smallest absolute Gasteiger partial charge is 0.292 e. The Morgan fingerprint density at radius 2 is 1.13 bits per heavy atom. The zero-order chi connectivity index (χ0) is 60.5. The van der Waals surface area contributed by atoms with Gasteiger partial charge in [0.25, 0.3) is 41.4 Å². The van der Waals surface area contributed by atoms with Gasteiger partial charge in [0.05, 0.1) is 28.4 Å². The number of anilines is 6. The number of H-pyrrole nitrogens is 1. The summed E-state index contributed by atoms with van der Waals surface area (Å²) in [6.07, 6.45) is 17.9. The average Bonchev–Trinajstić information content (AvgIpc) is 1.51. The molecule has 0 aromatic carbocycles. The lowest BCUT2D eigenvalue weighted by Gasteiger charge is -2.27. The number of hydrogen-bond acceptors (Lipinski definition) is 12. The first-order valence-corrected chi connectivity index (χ1v) is 26.8. The number of nitrogens with zero attached hydrogens (tertiary/aromatic N) is 11. The predicted octanol–water partition coefficient (Wildman–Crippen LogP) is 4.10. The monoisotopic (exact) mass is 1150 g/mol. The second-order valence-corrected chi connectivity index (χ2v) is 21.4. The number of imidazole rings is 3. The van der Waals surface area contributed by atoms with Crippen LogP contribution in [0.15, 0.2) is 91.7 Å². The molecule has 11 rings (SSSR count). The number of rotatable bonds is 17. The Labute approximate surface area is 484 Å². The number of nitrogens with one attached hydrogen (secondary N) is 8. The highest BCUT2D eigenvalue weighted by Crippen LogP contribution is 2.67. The van der Waals surface area contributed by atoms with Gasteiger partial charge in [-0.1, -0.05) is 0 Å². The maximum absolute atomic E-state index is 13.6. The predicted molar refractivity (Wildman–Crippen MR) is 310 cm³/mol. The lowest BCUT2D eigenvalue weighted by molar-refractivity contribution is -0.124. The average molecular weight is 1150 g/mol. The van der Waals surface area contributed by atoms with E-state index in [-0.39, 0.29) is 82.2 Å². The van der Waals surface area contributed by atoms with E-state index < -0.39 is 41.4 Å². The third kappa shape index (κ3) is 10.5. The molecule has 2 aliphatic carbocycles. The van der Waals surface area contributed by atoms with Crippen molar-refractivity contribution in [2.75, 3.05) is 45.0 Å². The number of amides is 8. The molecule has 2 fully saturated rings. The lowest BCUT2D eigenvalue weighted by Crippen LogP contribution is -2.32. The van der Waals surface area contributed by atoms with Crippen LogP contribution in [0, 0.1) is 19.8 Å². The summed E-state index contributed by atoms with van der Waals surface area (Å²) in [6, 6.07) is 6.16. The van der Waals surface area contributed by atoms with Gasteiger partial charge >= 0.3 is 0 Å². The van der Waals surface area contributed by atoms with Crippen molar-refractivity contribution in [3.63, 3.8) is 0 Å². The molecule has 2 atom stereocenters. The minimum Gasteiger partial charge on any atom is -0.355 e. The largest absolute Gasteiger partial charge is 0.355 e. The molecule has 1 aliphatic heterocycles. The summed E-state index contributed by atoms with van der Waals surface area (Å²) in [7, 11) is 11.5. The lowest BCUT2D eigenvalue weighted by atomic mass is 9.83. The van der Waals surface area contributed by atoms with E-state index in [2.05, 4.69) is 57.2 Å². The first kappa shape index (κ1) is 55.8. The van der Waals surface area contributed by atoms with E-state index >= 15 is 0 Å². The van der Waals surface area contributed by atoms with Crippen LogP contribution >= 0.6 is 0 Å². The van der Waals surface area contributed by atoms with Crippen LogP contribution in [-0.4, -0.2) is 123 Å². The van der Waals surface area contributed by atoms with Crippen LogP contribution in [0.1, 0.15) is 109 Å². The molecule has 85 heavy (non-hydrogen) atoms. The highest BCUT2D eigenvalue weighted by Gasteiger charge is 2.68. The van der Waals surface area contributed by atoms with Gasteiger partial charge < -0.3 is 79.1 Å². The summed E-state index contributed by atoms with van der Waals surface area (Å²) < 4.78 is 10.7. The summed E-state index contributed by atoms with van der Waals surface area (Å²) in [5.74, 6) is -3.51. The summed E-state index contributed by atoms with van der Waals surface area (Å²) in [6.45, 7) is 4.44. The van der Waals surface area contributed by atoms with Gasteiger partial charge in [0.15, 0.2) is 17.5 Å². The van der Waals surface area contributed by atoms with Gasteiger partial charge in [-0.2, -0.15) is 0 Å². The number of carbonyl (C=O) groups excluding carboxylic acids is 9. The van der Waals surface area contributed by atoms with Crippen molar-refractivity contribution in [3.8, 4) is 0 Å². The molecule has 1 saturated heterocycles. The number of piperidine rings is 1. The number of carbonyl (C=O) groups is 9. The fraction of sp³-hybridized carbons (Fsp3) is 0.263. The van der Waals surface area contributed by atoms with Crippen molar-refractivity contribution >= 4 is 93.5 Å². The van der Waals surface area contributed by atoms with E-state index in [9.17, 15) is 43.2 Å². The van der Waals surface area contributed by atoms with Gasteiger partial charge in [0.1, 0.15) is 17.1 Å². The SMILES string of the molecule is Cc1[nH]c2c(c1C)[C@@]13C[C@@H]1CN(C(=O)/C=C/c1cc(NC(=O)c4cc(NC(=O)c5nc(NC(=O)CCNC(=O)c6cc(NC(=O)c7cc(NC(=O)c8nc(NC(=O)c9nccn9C)cn8C)cn7C)cn6C)cn5C)cn4C)cn1C)C3=CC2=O. The number of ketones is 1. The number of hydrogen-bond donors (Lipinski definition) is 8. The van der Waals surface area contributed by atoms with Crippen LogP contribution in [0.25, 0.3) is 6.08 Å². The summed E-state index contributed by atoms with van der Waals surface area (Å²) in [5, 5.41) is 19.0. The Kier molecular flexibility index (Phi) is 14.0. The molecular weight excluding hydrogens is 1090 g/mol. The first-order chi connectivity index (χ1) is 40.4. The molecule has 1 saturated carbocycles. The number of allylic oxidation sites excluding steroid dienone is 2. The molecule has 28 nitrogen and oxygen atoms in total. The van der Waals surface area contributed by atoms with Crippen molar-refractivity contribution in [2.45, 2.75) is 32.1 Å². The van der Waals surface area contributed by atoms with Crippen molar-refractivity contribution < 1.29 is 43.2 Å². The molecule has 8 aromatic heterocycles. The molecule has 436 valence electrons. The van der Waals surface area contributed by atoms with Gasteiger partial charge in [0, 0.05) is 153 Å². The molecule has 8 amide bonds. The molecule has 9 heterocycles. The summed E-state index contributed by atoms with van der Waals surface area (Å²) in [4.78, 5) is 137. The molecule has 0 bridgehead atoms. The zero-order valence-corrected chi connectivity index (χ0v) is 47.7. The maximum Gasteiger partial charge on any atom is 0.292 e. The molecule has 0 unspecified atom stereocenters. The van der Waals surface area contributed by atoms with Gasteiger partial charge in [-0.3, -0.25) is 43.2 Å². The summed E-state index contributed by atoms with van der Waals surface area (Å²) >= 11 is 0. The Hall–Kier alpha value is -11.1. The fourth-order valence-electron chi connectivity index (χ4n) is 11.2. The topological polar surface area (TPSA) is 330 Å². The first-order valence-electron chi connectivity index (χ1n) is 26.8. The fourth-order valence-corrected chi connectivity index (χ4v) is 11.2. The Morgan fingerprint density at radius 3 is 1.69 bits per heavy atom. The van der Waals surface area contributed by atoms with Crippen molar-refractivity contribution in [2.24, 2.45) is 55.3 Å². The molecule has 1 spiro atoms. The van der Waals surface area contributed by atoms with Crippen molar-refractivity contribution in [1.82, 2.24) is 62.1 Å². The maximum atomic E-state index is 13.6. The highest BCUT2D eigenvalue weighted by molar-refractivity contribution is 6.10. The van der Waals surface area contributed by atoms with E-state index in [1.165, 1.54) is 73.5 Å². The van der Waals surface area contributed by atoms with Crippen molar-refractivity contribution in [3.05, 3.63) is 154 Å². The Morgan fingerprint density at radius 1 is 0.612 bits per heavy atom. The van der Waals surface area contributed by atoms with Crippen LogP contribution in [0.5, 0.6) is 0 Å². The second-order valence-electron chi connectivity index (χ2n) is 21.4. The summed E-state index contributed by atoms with van der Waals surface area (Å²) in [5.41, 5.74) is 6.73. The Bertz CT molecular complexity index is 4240. The van der Waals surface area contributed by atoms with Crippen LogP contribution in [0.2, 0.25) is 0 Å². The van der Waals surface area contributed by atoms with Crippen LogP contribution in [0.3, 0.4) is 0 Å². The number of fused-ring (bicyclic) bond motifs is 1. The van der Waals surface area contributed by atoms with Crippen LogP contribution in [-0.2, 0) is 64.3 Å². The van der Waals surface area contributed by atoms with Gasteiger partial charge in [0.2, 0.25) is 23.3 Å². The van der Waals surface area contributed by atoms with E-state index in [0.717, 1.165) is 28.9 Å². The minimum atomic E-state index is -0.618. The third-order valence-corrected chi connectivity index (χ3v) is 15.5. The normalized spacial score (nSPS) is 15.7. The van der Waals surface area contributed by atoms with Crippen LogP contribution in [0.4, 0.5) is 34.4 Å². The van der Waals surface area contributed by atoms with Gasteiger partial charge in [-0.05, 0) is 67.7 Å². The molecular formula is C57H59N19O9. The molecule has 28 heteroatoms. The number of aromatic nitrogens is 11.